The van der Waals surface area contributed by atoms with Gasteiger partial charge in [0.05, 0.1) is 12.6 Å². The number of ether oxygens (including phenoxy) is 1. The number of hydrogen-bond acceptors (Lipinski definition) is 6. The minimum Gasteiger partial charge on any atom is -0.383 e. The van der Waals surface area contributed by atoms with Crippen molar-refractivity contribution in [2.45, 2.75) is 19.9 Å². The van der Waals surface area contributed by atoms with E-state index in [0.717, 1.165) is 12.4 Å². The van der Waals surface area contributed by atoms with E-state index in [2.05, 4.69) is 21.8 Å². The molecule has 90 valence electrons. The monoisotopic (exact) mass is 225 g/mol. The molecule has 0 aliphatic carbocycles. The number of aromatic nitrogens is 2. The zero-order valence-corrected chi connectivity index (χ0v) is 9.97. The van der Waals surface area contributed by atoms with Crippen LogP contribution in [0.15, 0.2) is 6.07 Å². The van der Waals surface area contributed by atoms with Crippen LogP contribution in [0, 0.1) is 0 Å². The predicted molar refractivity (Wildman–Crippen MR) is 65.2 cm³/mol. The maximum absolute atomic E-state index is 5.64. The lowest BCUT2D eigenvalue weighted by Crippen LogP contribution is -2.37. The molecule has 0 bridgehead atoms. The molecule has 1 aromatic rings. The second-order valence-electron chi connectivity index (χ2n) is 3.60. The molecule has 0 amide bonds. The molecule has 1 atom stereocenters. The smallest absolute Gasteiger partial charge is 0.223 e. The van der Waals surface area contributed by atoms with Gasteiger partial charge in [0.2, 0.25) is 5.95 Å². The standard InChI is InChI=1S/C10H19N5O/c1-4-15(7(2)6-16-3)9-5-8(11)13-10(12)14-9/h5,7H,4,6H2,1-3H3,(H4,11,12,13,14). The Labute approximate surface area is 95.6 Å². The predicted octanol–water partition coefficient (Wildman–Crippen LogP) is 0.502. The Hall–Kier alpha value is -1.56. The SMILES string of the molecule is CCN(c1cc(N)nc(N)n1)C(C)COC. The van der Waals surface area contributed by atoms with Gasteiger partial charge in [-0.15, -0.1) is 0 Å². The molecule has 0 aromatic carbocycles. The lowest BCUT2D eigenvalue weighted by Gasteiger charge is -2.28. The molecule has 0 radical (unpaired) electrons. The van der Waals surface area contributed by atoms with Crippen LogP contribution < -0.4 is 16.4 Å². The molecule has 0 saturated carbocycles. The summed E-state index contributed by atoms with van der Waals surface area (Å²) in [5, 5.41) is 0. The van der Waals surface area contributed by atoms with Crippen molar-refractivity contribution in [2.24, 2.45) is 0 Å². The molecule has 0 saturated heterocycles. The summed E-state index contributed by atoms with van der Waals surface area (Å²) in [6, 6.07) is 1.93. The van der Waals surface area contributed by atoms with Crippen LogP contribution >= 0.6 is 0 Å². The minimum absolute atomic E-state index is 0.193. The summed E-state index contributed by atoms with van der Waals surface area (Å²) in [5.41, 5.74) is 11.2. The number of nitrogen functional groups attached to an aromatic ring is 2. The Bertz CT molecular complexity index is 324. The first-order valence-electron chi connectivity index (χ1n) is 5.24. The van der Waals surface area contributed by atoms with E-state index in [1.54, 1.807) is 13.2 Å². The molecule has 1 rings (SSSR count). The number of nitrogens with zero attached hydrogens (tertiary/aromatic N) is 3. The molecule has 1 heterocycles. The minimum atomic E-state index is 0.193. The lowest BCUT2D eigenvalue weighted by molar-refractivity contribution is 0.181. The molecule has 0 aliphatic rings. The van der Waals surface area contributed by atoms with Gasteiger partial charge in [0.15, 0.2) is 0 Å². The van der Waals surface area contributed by atoms with Gasteiger partial charge in [-0.1, -0.05) is 0 Å². The summed E-state index contributed by atoms with van der Waals surface area (Å²) in [6.07, 6.45) is 0. The van der Waals surface area contributed by atoms with Crippen molar-refractivity contribution >= 4 is 17.6 Å². The first kappa shape index (κ1) is 12.5. The van der Waals surface area contributed by atoms with Crippen molar-refractivity contribution in [3.8, 4) is 0 Å². The zero-order valence-electron chi connectivity index (χ0n) is 9.97. The number of rotatable bonds is 5. The normalized spacial score (nSPS) is 12.4. The van der Waals surface area contributed by atoms with Crippen molar-refractivity contribution in [1.82, 2.24) is 9.97 Å². The maximum Gasteiger partial charge on any atom is 0.223 e. The van der Waals surface area contributed by atoms with Crippen molar-refractivity contribution in [2.75, 3.05) is 36.6 Å². The van der Waals surface area contributed by atoms with E-state index >= 15 is 0 Å². The molecule has 6 heteroatoms. The zero-order chi connectivity index (χ0) is 12.1. The average molecular weight is 225 g/mol. The number of nitrogens with two attached hydrogens (primary N) is 2. The van der Waals surface area contributed by atoms with E-state index in [-0.39, 0.29) is 12.0 Å². The van der Waals surface area contributed by atoms with Crippen molar-refractivity contribution in [3.05, 3.63) is 6.07 Å². The number of methoxy groups -OCH3 is 1. The lowest BCUT2D eigenvalue weighted by atomic mass is 10.3. The molecule has 0 fully saturated rings. The van der Waals surface area contributed by atoms with Gasteiger partial charge in [0.1, 0.15) is 11.6 Å². The highest BCUT2D eigenvalue weighted by Crippen LogP contribution is 2.17. The number of hydrogen-bond donors (Lipinski definition) is 2. The fourth-order valence-electron chi connectivity index (χ4n) is 1.65. The third-order valence-corrected chi connectivity index (χ3v) is 2.32. The second kappa shape index (κ2) is 5.50. The first-order valence-corrected chi connectivity index (χ1v) is 5.24. The first-order chi connectivity index (χ1) is 7.58. The molecule has 6 nitrogen and oxygen atoms in total. The quantitative estimate of drug-likeness (QED) is 0.758. The molecule has 1 unspecified atom stereocenters. The Kier molecular flexibility index (Phi) is 4.30. The highest BCUT2D eigenvalue weighted by Gasteiger charge is 2.15. The van der Waals surface area contributed by atoms with E-state index in [1.165, 1.54) is 0 Å². The van der Waals surface area contributed by atoms with Gasteiger partial charge in [0.25, 0.3) is 0 Å². The highest BCUT2D eigenvalue weighted by molar-refractivity contribution is 5.50. The third-order valence-electron chi connectivity index (χ3n) is 2.32. The van der Waals surface area contributed by atoms with E-state index in [4.69, 9.17) is 16.2 Å². The van der Waals surface area contributed by atoms with E-state index in [9.17, 15) is 0 Å². The van der Waals surface area contributed by atoms with Crippen LogP contribution in [0.4, 0.5) is 17.6 Å². The van der Waals surface area contributed by atoms with E-state index < -0.39 is 0 Å². The van der Waals surface area contributed by atoms with Crippen LogP contribution in [-0.2, 0) is 4.74 Å². The van der Waals surface area contributed by atoms with E-state index in [0.29, 0.717) is 12.4 Å². The summed E-state index contributed by atoms with van der Waals surface area (Å²) in [6.45, 7) is 5.53. The fraction of sp³-hybridized carbons (Fsp3) is 0.600. The van der Waals surface area contributed by atoms with Crippen LogP contribution in [0.1, 0.15) is 13.8 Å². The number of anilines is 3. The molecule has 1 aromatic heterocycles. The van der Waals surface area contributed by atoms with Gasteiger partial charge in [-0.25, -0.2) is 0 Å². The maximum atomic E-state index is 5.64. The van der Waals surface area contributed by atoms with Crippen molar-refractivity contribution in [1.29, 1.82) is 0 Å². The highest BCUT2D eigenvalue weighted by atomic mass is 16.5. The average Bonchev–Trinajstić information content (AvgIpc) is 2.17. The molecular weight excluding hydrogens is 206 g/mol. The molecule has 0 spiro atoms. The Morgan fingerprint density at radius 1 is 1.44 bits per heavy atom. The van der Waals surface area contributed by atoms with Crippen LogP contribution in [0.2, 0.25) is 0 Å². The third kappa shape index (κ3) is 2.96. The molecular formula is C10H19N5O. The summed E-state index contributed by atoms with van der Waals surface area (Å²) in [5.74, 6) is 1.31. The summed E-state index contributed by atoms with van der Waals surface area (Å²) >= 11 is 0. The molecule has 0 aliphatic heterocycles. The summed E-state index contributed by atoms with van der Waals surface area (Å²) in [4.78, 5) is 10.1. The number of likely N-dealkylation sites (N-methyl/N-ethyl adjacent to an activating group) is 1. The second-order valence-corrected chi connectivity index (χ2v) is 3.60. The van der Waals surface area contributed by atoms with E-state index in [1.807, 2.05) is 6.92 Å². The van der Waals surface area contributed by atoms with Gasteiger partial charge in [-0.2, -0.15) is 9.97 Å². The summed E-state index contributed by atoms with van der Waals surface area (Å²) < 4.78 is 5.12. The Balaban J connectivity index is 2.94. The molecule has 4 N–H and O–H groups in total. The van der Waals surface area contributed by atoms with Crippen molar-refractivity contribution in [3.63, 3.8) is 0 Å². The van der Waals surface area contributed by atoms with Crippen LogP contribution in [0.25, 0.3) is 0 Å². The van der Waals surface area contributed by atoms with Crippen LogP contribution in [-0.4, -0.2) is 36.3 Å². The Morgan fingerprint density at radius 3 is 2.62 bits per heavy atom. The van der Waals surface area contributed by atoms with Crippen LogP contribution in [0.5, 0.6) is 0 Å². The van der Waals surface area contributed by atoms with Gasteiger partial charge < -0.3 is 21.1 Å². The molecule has 16 heavy (non-hydrogen) atoms. The van der Waals surface area contributed by atoms with Crippen molar-refractivity contribution < 1.29 is 4.74 Å². The van der Waals surface area contributed by atoms with Crippen LogP contribution in [0.3, 0.4) is 0 Å². The topological polar surface area (TPSA) is 90.3 Å². The van der Waals surface area contributed by atoms with Gasteiger partial charge >= 0.3 is 0 Å². The Morgan fingerprint density at radius 2 is 2.12 bits per heavy atom. The van der Waals surface area contributed by atoms with Gasteiger partial charge in [-0.3, -0.25) is 0 Å². The largest absolute Gasteiger partial charge is 0.383 e. The van der Waals surface area contributed by atoms with Gasteiger partial charge in [-0.05, 0) is 13.8 Å². The summed E-state index contributed by atoms with van der Waals surface area (Å²) in [7, 11) is 1.67. The fourth-order valence-corrected chi connectivity index (χ4v) is 1.65. The van der Waals surface area contributed by atoms with Gasteiger partial charge in [0, 0.05) is 19.7 Å².